The number of nitrogens with two attached hydrogens (primary N) is 1. The zero-order valence-electron chi connectivity index (χ0n) is 9.36. The van der Waals surface area contributed by atoms with Crippen LogP contribution in [0.5, 0.6) is 11.6 Å². The zero-order valence-corrected chi connectivity index (χ0v) is 10.9. The van der Waals surface area contributed by atoms with Crippen molar-refractivity contribution in [1.82, 2.24) is 4.98 Å². The topological polar surface area (TPSA) is 65.2 Å². The van der Waals surface area contributed by atoms with Gasteiger partial charge in [-0.2, -0.15) is 0 Å². The lowest BCUT2D eigenvalue weighted by molar-refractivity contribution is 0.0996. The van der Waals surface area contributed by atoms with Crippen LogP contribution in [-0.4, -0.2) is 10.9 Å². The highest BCUT2D eigenvalue weighted by Gasteiger charge is 2.12. The van der Waals surface area contributed by atoms with Crippen LogP contribution in [0.25, 0.3) is 0 Å². The second kappa shape index (κ2) is 5.31. The van der Waals surface area contributed by atoms with Crippen LogP contribution in [0.3, 0.4) is 0 Å². The van der Waals surface area contributed by atoms with Crippen LogP contribution in [-0.2, 0) is 0 Å². The van der Waals surface area contributed by atoms with E-state index in [1.54, 1.807) is 0 Å². The van der Waals surface area contributed by atoms with E-state index in [0.717, 1.165) is 18.2 Å². The van der Waals surface area contributed by atoms with Gasteiger partial charge in [-0.3, -0.25) is 4.79 Å². The maximum absolute atomic E-state index is 13.5. The lowest BCUT2D eigenvalue weighted by atomic mass is 10.2. The number of pyridine rings is 1. The standard InChI is InChI=1S/C12H7BrF2N2O2/c13-6-3-10(15)12(17-5-6)19-7-1-2-8(11(16)18)9(14)4-7/h1-5H,(H2,16,18). The van der Waals surface area contributed by atoms with Crippen LogP contribution in [0, 0.1) is 11.6 Å². The number of carbonyl (C=O) groups excluding carboxylic acids is 1. The minimum absolute atomic E-state index is 0.0104. The number of ether oxygens (including phenoxy) is 1. The van der Waals surface area contributed by atoms with E-state index in [1.807, 2.05) is 0 Å². The van der Waals surface area contributed by atoms with Crippen LogP contribution in [0.1, 0.15) is 10.4 Å². The van der Waals surface area contributed by atoms with Crippen molar-refractivity contribution in [2.75, 3.05) is 0 Å². The molecule has 7 heteroatoms. The molecule has 0 spiro atoms. The zero-order chi connectivity index (χ0) is 14.0. The minimum atomic E-state index is -0.892. The van der Waals surface area contributed by atoms with Crippen molar-refractivity contribution in [1.29, 1.82) is 0 Å². The molecule has 2 rings (SSSR count). The SMILES string of the molecule is NC(=O)c1ccc(Oc2ncc(Br)cc2F)cc1F. The Kier molecular flexibility index (Phi) is 3.75. The Labute approximate surface area is 115 Å². The summed E-state index contributed by atoms with van der Waals surface area (Å²) < 4.78 is 32.5. The number of benzene rings is 1. The molecule has 98 valence electrons. The first kappa shape index (κ1) is 13.4. The number of amides is 1. The molecule has 0 radical (unpaired) electrons. The monoisotopic (exact) mass is 328 g/mol. The summed E-state index contributed by atoms with van der Waals surface area (Å²) in [5.41, 5.74) is 4.69. The minimum Gasteiger partial charge on any atom is -0.436 e. The number of halogens is 3. The van der Waals surface area contributed by atoms with Crippen LogP contribution < -0.4 is 10.5 Å². The molecule has 2 aromatic rings. The number of carbonyl (C=O) groups is 1. The van der Waals surface area contributed by atoms with Crippen molar-refractivity contribution in [3.63, 3.8) is 0 Å². The number of primary amides is 1. The number of aromatic nitrogens is 1. The molecule has 19 heavy (non-hydrogen) atoms. The van der Waals surface area contributed by atoms with Gasteiger partial charge in [0.2, 0.25) is 0 Å². The van der Waals surface area contributed by atoms with Crippen molar-refractivity contribution in [2.24, 2.45) is 5.73 Å². The molecule has 0 atom stereocenters. The van der Waals surface area contributed by atoms with Gasteiger partial charge >= 0.3 is 0 Å². The maximum atomic E-state index is 13.5. The van der Waals surface area contributed by atoms with Gasteiger partial charge in [0.15, 0.2) is 5.82 Å². The van der Waals surface area contributed by atoms with Crippen LogP contribution in [0.2, 0.25) is 0 Å². The van der Waals surface area contributed by atoms with E-state index < -0.39 is 17.5 Å². The molecule has 0 aliphatic carbocycles. The fraction of sp³-hybridized carbons (Fsp3) is 0. The van der Waals surface area contributed by atoms with Gasteiger partial charge in [0.1, 0.15) is 11.6 Å². The Balaban J connectivity index is 2.29. The quantitative estimate of drug-likeness (QED) is 0.941. The summed E-state index contributed by atoms with van der Waals surface area (Å²) in [6, 6.07) is 4.55. The van der Waals surface area contributed by atoms with Crippen LogP contribution in [0.15, 0.2) is 34.9 Å². The molecule has 4 nitrogen and oxygen atoms in total. The highest BCUT2D eigenvalue weighted by atomic mass is 79.9. The Morgan fingerprint density at radius 2 is 2.00 bits per heavy atom. The average molecular weight is 329 g/mol. The van der Waals surface area contributed by atoms with E-state index in [9.17, 15) is 13.6 Å². The Bertz CT molecular complexity index is 650. The first-order valence-corrected chi connectivity index (χ1v) is 5.85. The summed E-state index contributed by atoms with van der Waals surface area (Å²) >= 11 is 3.05. The van der Waals surface area contributed by atoms with E-state index >= 15 is 0 Å². The molecular weight excluding hydrogens is 322 g/mol. The van der Waals surface area contributed by atoms with Crippen molar-refractivity contribution < 1.29 is 18.3 Å². The van der Waals surface area contributed by atoms with Crippen molar-refractivity contribution in [3.05, 3.63) is 52.1 Å². The third kappa shape index (κ3) is 3.05. The Hall–Kier alpha value is -2.02. The van der Waals surface area contributed by atoms with Crippen molar-refractivity contribution >= 4 is 21.8 Å². The fourth-order valence-electron chi connectivity index (χ4n) is 1.35. The Morgan fingerprint density at radius 3 is 2.58 bits per heavy atom. The van der Waals surface area contributed by atoms with Gasteiger partial charge in [0, 0.05) is 16.7 Å². The first-order chi connectivity index (χ1) is 8.97. The summed E-state index contributed by atoms with van der Waals surface area (Å²) in [4.78, 5) is 14.5. The number of nitrogens with zero attached hydrogens (tertiary/aromatic N) is 1. The molecular formula is C12H7BrF2N2O2. The third-order valence-electron chi connectivity index (χ3n) is 2.19. The van der Waals surface area contributed by atoms with E-state index in [4.69, 9.17) is 10.5 Å². The summed E-state index contributed by atoms with van der Waals surface area (Å²) in [5, 5.41) is 0. The molecule has 0 aliphatic rings. The predicted octanol–water partition coefficient (Wildman–Crippen LogP) is 3.01. The molecule has 0 aliphatic heterocycles. The van der Waals surface area contributed by atoms with E-state index in [1.165, 1.54) is 12.3 Å². The number of rotatable bonds is 3. The van der Waals surface area contributed by atoms with Gasteiger partial charge in [-0.15, -0.1) is 0 Å². The molecule has 1 aromatic heterocycles. The predicted molar refractivity (Wildman–Crippen MR) is 66.9 cm³/mol. The van der Waals surface area contributed by atoms with Crippen molar-refractivity contribution in [2.45, 2.75) is 0 Å². The highest BCUT2D eigenvalue weighted by Crippen LogP contribution is 2.25. The normalized spacial score (nSPS) is 10.3. The van der Waals surface area contributed by atoms with E-state index in [0.29, 0.717) is 4.47 Å². The first-order valence-electron chi connectivity index (χ1n) is 5.05. The van der Waals surface area contributed by atoms with Gasteiger partial charge in [0.05, 0.1) is 5.56 Å². The average Bonchev–Trinajstić information content (AvgIpc) is 2.32. The number of hydrogen-bond acceptors (Lipinski definition) is 3. The number of hydrogen-bond donors (Lipinski definition) is 1. The molecule has 1 heterocycles. The van der Waals surface area contributed by atoms with Crippen LogP contribution >= 0.6 is 15.9 Å². The van der Waals surface area contributed by atoms with Gasteiger partial charge in [-0.1, -0.05) is 0 Å². The molecule has 1 aromatic carbocycles. The molecule has 0 saturated carbocycles. The molecule has 0 fully saturated rings. The smallest absolute Gasteiger partial charge is 0.255 e. The van der Waals surface area contributed by atoms with Crippen LogP contribution in [0.4, 0.5) is 8.78 Å². The summed E-state index contributed by atoms with van der Waals surface area (Å²) in [6.07, 6.45) is 1.34. The van der Waals surface area contributed by atoms with Crippen molar-refractivity contribution in [3.8, 4) is 11.6 Å². The molecule has 0 saturated heterocycles. The van der Waals surface area contributed by atoms with E-state index in [-0.39, 0.29) is 17.2 Å². The molecule has 2 N–H and O–H groups in total. The van der Waals surface area contributed by atoms with Gasteiger partial charge in [0.25, 0.3) is 11.8 Å². The molecule has 0 bridgehead atoms. The summed E-state index contributed by atoms with van der Waals surface area (Å²) in [7, 11) is 0. The second-order valence-corrected chi connectivity index (χ2v) is 4.46. The largest absolute Gasteiger partial charge is 0.436 e. The lowest BCUT2D eigenvalue weighted by Crippen LogP contribution is -2.12. The highest BCUT2D eigenvalue weighted by molar-refractivity contribution is 9.10. The Morgan fingerprint density at radius 1 is 1.26 bits per heavy atom. The maximum Gasteiger partial charge on any atom is 0.255 e. The molecule has 1 amide bonds. The summed E-state index contributed by atoms with van der Waals surface area (Å²) in [6.45, 7) is 0. The fourth-order valence-corrected chi connectivity index (χ4v) is 1.65. The third-order valence-corrected chi connectivity index (χ3v) is 2.63. The summed E-state index contributed by atoms with van der Waals surface area (Å²) in [5.74, 6) is -2.72. The van der Waals surface area contributed by atoms with Gasteiger partial charge < -0.3 is 10.5 Å². The van der Waals surface area contributed by atoms with Gasteiger partial charge in [-0.25, -0.2) is 13.8 Å². The molecule has 0 unspecified atom stereocenters. The van der Waals surface area contributed by atoms with Gasteiger partial charge in [-0.05, 0) is 34.1 Å². The van der Waals surface area contributed by atoms with E-state index in [2.05, 4.69) is 20.9 Å². The lowest BCUT2D eigenvalue weighted by Gasteiger charge is -2.07. The second-order valence-electron chi connectivity index (χ2n) is 3.55.